The number of aromatic nitrogens is 1. The van der Waals surface area contributed by atoms with Crippen LogP contribution in [0.4, 0.5) is 0 Å². The predicted octanol–water partition coefficient (Wildman–Crippen LogP) is 1.31. The van der Waals surface area contributed by atoms with Crippen LogP contribution in [0.2, 0.25) is 0 Å². The van der Waals surface area contributed by atoms with Crippen molar-refractivity contribution in [3.63, 3.8) is 0 Å². The summed E-state index contributed by atoms with van der Waals surface area (Å²) in [5.41, 5.74) is 0.339. The summed E-state index contributed by atoms with van der Waals surface area (Å²) < 4.78 is 0. The van der Waals surface area contributed by atoms with Crippen LogP contribution >= 0.6 is 0 Å². The number of carbonyl (C=O) groups excluding carboxylic acids is 2. The molecule has 4 heterocycles. The maximum Gasteiger partial charge on any atom is 0.255 e. The van der Waals surface area contributed by atoms with E-state index in [4.69, 9.17) is 0 Å². The number of nitrogens with zero attached hydrogens (tertiary/aromatic N) is 3. The highest BCUT2D eigenvalue weighted by atomic mass is 16.2. The monoisotopic (exact) mass is 386 g/mol. The van der Waals surface area contributed by atoms with Crippen LogP contribution in [0.25, 0.3) is 0 Å². The van der Waals surface area contributed by atoms with Gasteiger partial charge in [-0.05, 0) is 51.1 Å². The van der Waals surface area contributed by atoms with Crippen LogP contribution in [0, 0.1) is 5.92 Å². The summed E-state index contributed by atoms with van der Waals surface area (Å²) in [6.45, 7) is 5.24. The van der Waals surface area contributed by atoms with Crippen LogP contribution < -0.4 is 5.56 Å². The third-order valence-corrected chi connectivity index (χ3v) is 6.52. The van der Waals surface area contributed by atoms with E-state index in [-0.39, 0.29) is 17.4 Å². The lowest BCUT2D eigenvalue weighted by atomic mass is 9.92. The minimum atomic E-state index is -0.196. The highest BCUT2D eigenvalue weighted by Gasteiger charge is 2.34. The van der Waals surface area contributed by atoms with Crippen molar-refractivity contribution in [1.29, 1.82) is 0 Å². The van der Waals surface area contributed by atoms with Gasteiger partial charge in [0, 0.05) is 51.0 Å². The minimum absolute atomic E-state index is 0.0181. The highest BCUT2D eigenvalue weighted by Crippen LogP contribution is 2.26. The first-order valence-electron chi connectivity index (χ1n) is 10.6. The molecule has 3 saturated heterocycles. The summed E-state index contributed by atoms with van der Waals surface area (Å²) in [5.74, 6) is 0.482. The quantitative estimate of drug-likeness (QED) is 0.850. The third kappa shape index (κ3) is 4.14. The van der Waals surface area contributed by atoms with E-state index in [1.807, 2.05) is 4.90 Å². The molecule has 1 atom stereocenters. The molecule has 2 amide bonds. The molecule has 3 aliphatic heterocycles. The average molecular weight is 386 g/mol. The fraction of sp³-hybridized carbons (Fsp3) is 0.667. The number of piperidine rings is 2. The maximum absolute atomic E-state index is 12.8. The van der Waals surface area contributed by atoms with E-state index in [2.05, 4.69) is 14.8 Å². The van der Waals surface area contributed by atoms with E-state index in [1.54, 1.807) is 6.07 Å². The lowest BCUT2D eigenvalue weighted by Gasteiger charge is -2.42. The van der Waals surface area contributed by atoms with Gasteiger partial charge < -0.3 is 14.8 Å². The van der Waals surface area contributed by atoms with Crippen LogP contribution in [0.5, 0.6) is 0 Å². The summed E-state index contributed by atoms with van der Waals surface area (Å²) in [5, 5.41) is 0. The van der Waals surface area contributed by atoms with Crippen molar-refractivity contribution < 1.29 is 9.59 Å². The van der Waals surface area contributed by atoms with Gasteiger partial charge in [0.25, 0.3) is 5.91 Å². The Morgan fingerprint density at radius 1 is 0.893 bits per heavy atom. The zero-order chi connectivity index (χ0) is 19.5. The molecule has 0 bridgehead atoms. The second-order valence-corrected chi connectivity index (χ2v) is 8.33. The summed E-state index contributed by atoms with van der Waals surface area (Å²) in [4.78, 5) is 45.6. The number of pyridine rings is 1. The molecule has 152 valence electrons. The Morgan fingerprint density at radius 2 is 1.64 bits per heavy atom. The van der Waals surface area contributed by atoms with Crippen LogP contribution in [0.3, 0.4) is 0 Å². The minimum Gasteiger partial charge on any atom is -0.342 e. The summed E-state index contributed by atoms with van der Waals surface area (Å²) in [7, 11) is 0. The van der Waals surface area contributed by atoms with Crippen molar-refractivity contribution in [3.05, 3.63) is 34.2 Å². The van der Waals surface area contributed by atoms with Gasteiger partial charge in [0.1, 0.15) is 0 Å². The van der Waals surface area contributed by atoms with Gasteiger partial charge in [-0.2, -0.15) is 0 Å². The van der Waals surface area contributed by atoms with Crippen LogP contribution in [0.15, 0.2) is 23.1 Å². The van der Waals surface area contributed by atoms with Gasteiger partial charge in [0.05, 0.1) is 11.5 Å². The standard InChI is InChI=1S/C21H30N4O3/c26-19-6-5-16(14-22-19)20(27)24-12-7-18(8-13-24)25-11-3-4-17(15-25)21(28)23-9-1-2-10-23/h5-6,14,17-18H,1-4,7-13,15H2,(H,22,26). The lowest BCUT2D eigenvalue weighted by Crippen LogP contribution is -2.51. The van der Waals surface area contributed by atoms with Gasteiger partial charge in [-0.15, -0.1) is 0 Å². The largest absolute Gasteiger partial charge is 0.342 e. The van der Waals surface area contributed by atoms with Crippen molar-refractivity contribution in [3.8, 4) is 0 Å². The van der Waals surface area contributed by atoms with Gasteiger partial charge in [-0.25, -0.2) is 0 Å². The smallest absolute Gasteiger partial charge is 0.255 e. The fourth-order valence-corrected chi connectivity index (χ4v) is 4.90. The Bertz CT molecular complexity index is 743. The molecule has 0 saturated carbocycles. The summed E-state index contributed by atoms with van der Waals surface area (Å²) in [6.07, 6.45) is 7.76. The molecule has 0 spiro atoms. The van der Waals surface area contributed by atoms with E-state index in [0.717, 1.165) is 77.8 Å². The number of hydrogen-bond acceptors (Lipinski definition) is 4. The first-order chi connectivity index (χ1) is 13.6. The van der Waals surface area contributed by atoms with E-state index >= 15 is 0 Å². The summed E-state index contributed by atoms with van der Waals surface area (Å²) in [6, 6.07) is 3.44. The topological polar surface area (TPSA) is 76.7 Å². The van der Waals surface area contributed by atoms with E-state index in [9.17, 15) is 14.4 Å². The number of likely N-dealkylation sites (tertiary alicyclic amines) is 3. The van der Waals surface area contributed by atoms with Crippen LogP contribution in [0.1, 0.15) is 48.9 Å². The fourth-order valence-electron chi connectivity index (χ4n) is 4.90. The number of carbonyl (C=O) groups is 2. The molecule has 28 heavy (non-hydrogen) atoms. The van der Waals surface area contributed by atoms with Crippen molar-refractivity contribution >= 4 is 11.8 Å². The molecule has 7 heteroatoms. The molecular formula is C21H30N4O3. The SMILES string of the molecule is O=C(c1ccc(=O)[nH]c1)N1CCC(N2CCCC(C(=O)N3CCCC3)C2)CC1. The first-order valence-corrected chi connectivity index (χ1v) is 10.6. The predicted molar refractivity (Wildman–Crippen MR) is 106 cm³/mol. The average Bonchev–Trinajstić information content (AvgIpc) is 3.28. The number of hydrogen-bond donors (Lipinski definition) is 1. The lowest BCUT2D eigenvalue weighted by molar-refractivity contribution is -0.136. The number of amides is 2. The summed E-state index contributed by atoms with van der Waals surface area (Å²) >= 11 is 0. The second kappa shape index (κ2) is 8.47. The molecule has 3 aliphatic rings. The Kier molecular flexibility index (Phi) is 5.80. The molecule has 4 rings (SSSR count). The van der Waals surface area contributed by atoms with Gasteiger partial charge >= 0.3 is 0 Å². The van der Waals surface area contributed by atoms with Crippen LogP contribution in [-0.2, 0) is 4.79 Å². The van der Waals surface area contributed by atoms with Gasteiger partial charge in [0.2, 0.25) is 11.5 Å². The van der Waals surface area contributed by atoms with Crippen molar-refractivity contribution in [2.45, 2.75) is 44.6 Å². The second-order valence-electron chi connectivity index (χ2n) is 8.33. The molecule has 1 unspecified atom stereocenters. The van der Waals surface area contributed by atoms with Crippen molar-refractivity contribution in [1.82, 2.24) is 19.7 Å². The van der Waals surface area contributed by atoms with E-state index in [0.29, 0.717) is 17.5 Å². The molecule has 3 fully saturated rings. The number of H-pyrrole nitrogens is 1. The first kappa shape index (κ1) is 19.2. The Balaban J connectivity index is 1.30. The molecule has 1 N–H and O–H groups in total. The molecule has 1 aromatic rings. The molecule has 1 aromatic heterocycles. The van der Waals surface area contributed by atoms with E-state index in [1.165, 1.54) is 12.3 Å². The molecule has 0 aliphatic carbocycles. The highest BCUT2D eigenvalue weighted by molar-refractivity contribution is 5.93. The Morgan fingerprint density at radius 3 is 2.32 bits per heavy atom. The number of rotatable bonds is 3. The number of aromatic amines is 1. The zero-order valence-electron chi connectivity index (χ0n) is 16.4. The van der Waals surface area contributed by atoms with E-state index < -0.39 is 0 Å². The Hall–Kier alpha value is -2.15. The van der Waals surface area contributed by atoms with Crippen molar-refractivity contribution in [2.24, 2.45) is 5.92 Å². The molecular weight excluding hydrogens is 356 g/mol. The van der Waals surface area contributed by atoms with Gasteiger partial charge in [-0.3, -0.25) is 19.3 Å². The zero-order valence-corrected chi connectivity index (χ0v) is 16.4. The number of nitrogens with one attached hydrogen (secondary N) is 1. The molecule has 0 aromatic carbocycles. The van der Waals surface area contributed by atoms with Crippen LogP contribution in [-0.4, -0.2) is 76.8 Å². The Labute approximate surface area is 165 Å². The maximum atomic E-state index is 12.8. The van der Waals surface area contributed by atoms with Crippen molar-refractivity contribution in [2.75, 3.05) is 39.3 Å². The van der Waals surface area contributed by atoms with Gasteiger partial charge in [-0.1, -0.05) is 0 Å². The third-order valence-electron chi connectivity index (χ3n) is 6.52. The molecule has 7 nitrogen and oxygen atoms in total. The molecule has 0 radical (unpaired) electrons. The normalized spacial score (nSPS) is 24.5. The van der Waals surface area contributed by atoms with Gasteiger partial charge in [0.15, 0.2) is 0 Å².